The number of aromatic nitrogens is 2. The molecule has 0 aliphatic carbocycles. The summed E-state index contributed by atoms with van der Waals surface area (Å²) in [5.41, 5.74) is -17.7. The van der Waals surface area contributed by atoms with E-state index < -0.39 is 117 Å². The fraction of sp³-hybridized carbons (Fsp3) is 0.421. The Bertz CT molecular complexity index is 1960. The van der Waals surface area contributed by atoms with E-state index in [1.165, 1.54) is 0 Å². The zero-order valence-electron chi connectivity index (χ0n) is 30.2. The molecule has 4 aromatic rings. The molecule has 22 heteroatoms. The van der Waals surface area contributed by atoms with Gasteiger partial charge in [-0.2, -0.15) is 79.0 Å². The zero-order chi connectivity index (χ0) is 44.4. The first-order valence-corrected chi connectivity index (χ1v) is 17.8. The van der Waals surface area contributed by atoms with Crippen molar-refractivity contribution in [2.24, 2.45) is 0 Å². The minimum absolute atomic E-state index is 0.0418. The third-order valence-electron chi connectivity index (χ3n) is 10.7. The summed E-state index contributed by atoms with van der Waals surface area (Å²) in [5.74, 6) is 0. The molecule has 2 atom stereocenters. The van der Waals surface area contributed by atoms with Crippen molar-refractivity contribution < 1.29 is 83.5 Å². The molecule has 0 amide bonds. The number of alkyl halides is 18. The van der Waals surface area contributed by atoms with Gasteiger partial charge < -0.3 is 9.80 Å². The Kier molecular flexibility index (Phi) is 11.5. The molecule has 2 aliphatic heterocycles. The van der Waals surface area contributed by atoms with Crippen LogP contribution in [0.5, 0.6) is 0 Å². The molecule has 0 radical (unpaired) electrons. The first-order chi connectivity index (χ1) is 27.5. The van der Waals surface area contributed by atoms with E-state index in [1.54, 1.807) is 0 Å². The second kappa shape index (κ2) is 15.4. The molecule has 0 spiro atoms. The van der Waals surface area contributed by atoms with Crippen LogP contribution in [-0.2, 0) is 50.1 Å². The number of nitrogens with one attached hydrogen (secondary N) is 1. The smallest absolute Gasteiger partial charge is 0.310 e. The zero-order valence-corrected chi connectivity index (χ0v) is 30.2. The molecule has 326 valence electrons. The number of likely N-dealkylation sites (tertiary alicyclic amines) is 1. The van der Waals surface area contributed by atoms with Crippen LogP contribution in [0.2, 0.25) is 0 Å². The van der Waals surface area contributed by atoms with Crippen LogP contribution in [-0.4, -0.2) is 39.6 Å². The lowest BCUT2D eigenvalue weighted by Gasteiger charge is -2.42. The predicted octanol–water partition coefficient (Wildman–Crippen LogP) is 12.4. The number of halogens is 18. The second-order valence-corrected chi connectivity index (χ2v) is 14.6. The largest absolute Gasteiger partial charge is 0.417 e. The number of hydrogen-bond donors (Lipinski definition) is 1. The van der Waals surface area contributed by atoms with E-state index in [9.17, 15) is 79.0 Å². The maximum Gasteiger partial charge on any atom is 0.417 e. The van der Waals surface area contributed by atoms with Crippen LogP contribution in [0.1, 0.15) is 70.5 Å². The maximum absolute atomic E-state index is 14.1. The van der Waals surface area contributed by atoms with Gasteiger partial charge in [0.1, 0.15) is 19.1 Å². The van der Waals surface area contributed by atoms with Crippen molar-refractivity contribution in [2.45, 2.75) is 87.9 Å². The normalized spacial score (nSPS) is 19.3. The summed E-state index contributed by atoms with van der Waals surface area (Å²) in [6.07, 6.45) is -29.9. The minimum Gasteiger partial charge on any atom is -0.310 e. The van der Waals surface area contributed by atoms with Crippen LogP contribution < -0.4 is 5.32 Å². The quantitative estimate of drug-likeness (QED) is 0.148. The Morgan fingerprint density at radius 3 is 1.17 bits per heavy atom. The SMILES string of the molecule is FC(F)(F)c1cc(C(F)(F)F)c(-c2ccc(C[N+]3(Cc4ccc(-c5c(C(F)(F)F)cc(C(F)(F)F)cc5C(F)(F)F)cn4)CCCC3C3CCCN3)nc2)c(C(F)(F)F)c1. The first-order valence-electron chi connectivity index (χ1n) is 17.8. The van der Waals surface area contributed by atoms with E-state index in [0.717, 1.165) is 30.7 Å². The van der Waals surface area contributed by atoms with E-state index >= 15 is 0 Å². The standard InChI is InChI=1S/C38H29F18N4/c39-33(40,41)21-11-25(35(45,46)47)31(26(12-21)36(48,49)50)19-5-7-23(58-15-19)17-60(10-2-4-30(60)29-3-1-9-57-29)18-24-8-6-20(16-59-24)32-27(37(51,52)53)13-22(34(42,43)44)14-28(32)38(54,55)56/h5-8,11-16,29-30,57H,1-4,9-10,17-18H2/q+1. The van der Waals surface area contributed by atoms with Crippen LogP contribution in [0.3, 0.4) is 0 Å². The summed E-state index contributed by atoms with van der Waals surface area (Å²) >= 11 is 0. The fourth-order valence-corrected chi connectivity index (χ4v) is 8.23. The third kappa shape index (κ3) is 9.32. The highest BCUT2D eigenvalue weighted by molar-refractivity contribution is 5.74. The van der Waals surface area contributed by atoms with Crippen molar-refractivity contribution in [3.8, 4) is 22.3 Å². The molecule has 2 fully saturated rings. The molecule has 0 bridgehead atoms. The summed E-state index contributed by atoms with van der Waals surface area (Å²) in [4.78, 5) is 8.24. The van der Waals surface area contributed by atoms with Gasteiger partial charge in [0.05, 0.1) is 57.4 Å². The Hall–Kier alpha value is -4.60. The van der Waals surface area contributed by atoms with Crippen molar-refractivity contribution in [3.63, 3.8) is 0 Å². The summed E-state index contributed by atoms with van der Waals surface area (Å²) in [6, 6.07) is 1.79. The number of quaternary nitrogens is 1. The number of rotatable bonds is 7. The topological polar surface area (TPSA) is 37.8 Å². The summed E-state index contributed by atoms with van der Waals surface area (Å²) in [7, 11) is 0. The van der Waals surface area contributed by atoms with Gasteiger partial charge in [0.15, 0.2) is 0 Å². The molecule has 60 heavy (non-hydrogen) atoms. The van der Waals surface area contributed by atoms with Crippen LogP contribution in [0.4, 0.5) is 79.0 Å². The highest BCUT2D eigenvalue weighted by Gasteiger charge is 2.49. The van der Waals surface area contributed by atoms with Crippen molar-refractivity contribution in [2.75, 3.05) is 13.1 Å². The van der Waals surface area contributed by atoms with Crippen LogP contribution in [0.15, 0.2) is 60.9 Å². The fourth-order valence-electron chi connectivity index (χ4n) is 8.23. The Balaban J connectivity index is 1.40. The summed E-state index contributed by atoms with van der Waals surface area (Å²) in [5, 5.41) is 3.35. The molecule has 2 aromatic carbocycles. The highest BCUT2D eigenvalue weighted by atomic mass is 19.4. The van der Waals surface area contributed by atoms with Crippen molar-refractivity contribution in [1.29, 1.82) is 0 Å². The third-order valence-corrected chi connectivity index (χ3v) is 10.7. The monoisotopic (exact) mass is 883 g/mol. The van der Waals surface area contributed by atoms with E-state index in [1.807, 2.05) is 0 Å². The van der Waals surface area contributed by atoms with Crippen molar-refractivity contribution >= 4 is 0 Å². The maximum atomic E-state index is 14.1. The van der Waals surface area contributed by atoms with Crippen molar-refractivity contribution in [3.05, 3.63) is 106 Å². The summed E-state index contributed by atoms with van der Waals surface area (Å²) in [6.45, 7) is 0.814. The van der Waals surface area contributed by atoms with E-state index in [-0.39, 0.29) is 41.0 Å². The first kappa shape index (κ1) is 44.9. The van der Waals surface area contributed by atoms with Gasteiger partial charge >= 0.3 is 37.1 Å². The Morgan fingerprint density at radius 1 is 0.500 bits per heavy atom. The predicted molar refractivity (Wildman–Crippen MR) is 176 cm³/mol. The van der Waals surface area contributed by atoms with Gasteiger partial charge in [-0.1, -0.05) is 12.1 Å². The summed E-state index contributed by atoms with van der Waals surface area (Å²) < 4.78 is 250. The van der Waals surface area contributed by atoms with Crippen LogP contribution in [0.25, 0.3) is 22.3 Å². The molecule has 0 saturated carbocycles. The molecule has 4 heterocycles. The number of pyridine rings is 2. The van der Waals surface area contributed by atoms with Crippen LogP contribution >= 0.6 is 0 Å². The average Bonchev–Trinajstić information content (AvgIpc) is 3.79. The minimum atomic E-state index is -5.67. The number of nitrogens with zero attached hydrogens (tertiary/aromatic N) is 3. The lowest BCUT2D eigenvalue weighted by molar-refractivity contribution is -0.966. The molecule has 2 aliphatic rings. The van der Waals surface area contributed by atoms with Gasteiger partial charge in [0.2, 0.25) is 0 Å². The van der Waals surface area contributed by atoms with Gasteiger partial charge in [-0.25, -0.2) is 0 Å². The van der Waals surface area contributed by atoms with Crippen LogP contribution in [0, 0.1) is 0 Å². The van der Waals surface area contributed by atoms with E-state index in [4.69, 9.17) is 0 Å². The molecule has 4 nitrogen and oxygen atoms in total. The number of benzene rings is 2. The average molecular weight is 884 g/mol. The lowest BCUT2D eigenvalue weighted by atomic mass is 9.91. The van der Waals surface area contributed by atoms with Gasteiger partial charge in [-0.15, -0.1) is 0 Å². The van der Waals surface area contributed by atoms with Gasteiger partial charge in [0.25, 0.3) is 0 Å². The lowest BCUT2D eigenvalue weighted by Crippen LogP contribution is -2.57. The molecular weight excluding hydrogens is 854 g/mol. The highest BCUT2D eigenvalue weighted by Crippen LogP contribution is 2.49. The van der Waals surface area contributed by atoms with Gasteiger partial charge in [-0.05, 0) is 55.8 Å². The Labute approximate surface area is 327 Å². The molecule has 2 saturated heterocycles. The molecule has 2 aromatic heterocycles. The molecule has 1 N–H and O–H groups in total. The van der Waals surface area contributed by atoms with E-state index in [0.29, 0.717) is 44.7 Å². The Morgan fingerprint density at radius 2 is 0.883 bits per heavy atom. The second-order valence-electron chi connectivity index (χ2n) is 14.6. The van der Waals surface area contributed by atoms with Crippen molar-refractivity contribution in [1.82, 2.24) is 15.3 Å². The molecule has 2 unspecified atom stereocenters. The van der Waals surface area contributed by atoms with E-state index in [2.05, 4.69) is 15.3 Å². The van der Waals surface area contributed by atoms with Gasteiger partial charge in [0, 0.05) is 47.5 Å². The number of hydrogen-bond acceptors (Lipinski definition) is 3. The molecule has 6 rings (SSSR count). The van der Waals surface area contributed by atoms with Gasteiger partial charge in [-0.3, -0.25) is 9.97 Å². The molecular formula is C38H29F18N4+.